The fourth-order valence-corrected chi connectivity index (χ4v) is 3.30. The summed E-state index contributed by atoms with van der Waals surface area (Å²) in [4.78, 5) is 4.59. The van der Waals surface area contributed by atoms with Crippen LogP contribution in [0.2, 0.25) is 0 Å². The molecule has 2 unspecified atom stereocenters. The van der Waals surface area contributed by atoms with Crippen molar-refractivity contribution in [2.75, 3.05) is 12.3 Å². The highest BCUT2D eigenvalue weighted by atomic mass is 32.2. The molecule has 0 spiro atoms. The Morgan fingerprint density at radius 1 is 1.28 bits per heavy atom. The summed E-state index contributed by atoms with van der Waals surface area (Å²) in [6.07, 6.45) is 1.22. The summed E-state index contributed by atoms with van der Waals surface area (Å²) in [7, 11) is 0. The van der Waals surface area contributed by atoms with E-state index in [1.54, 1.807) is 0 Å². The highest BCUT2D eigenvalue weighted by molar-refractivity contribution is 7.99. The Bertz CT molecular complexity index is 345. The molecule has 2 atom stereocenters. The second-order valence-corrected chi connectivity index (χ2v) is 6.03. The Morgan fingerprint density at radius 2 is 2.00 bits per heavy atom. The predicted molar refractivity (Wildman–Crippen MR) is 81.4 cm³/mol. The quantitative estimate of drug-likeness (QED) is 0.760. The maximum absolute atomic E-state index is 4.59. The number of hydrogen-bond donors (Lipinski definition) is 1. The zero-order valence-electron chi connectivity index (χ0n) is 12.3. The maximum Gasteiger partial charge on any atom is 0.0966 e. The van der Waals surface area contributed by atoms with Crippen LogP contribution < -0.4 is 5.32 Å². The number of nitrogens with one attached hydrogen (secondary N) is 1. The van der Waals surface area contributed by atoms with Crippen LogP contribution in [0.4, 0.5) is 0 Å². The smallest absolute Gasteiger partial charge is 0.0966 e. The van der Waals surface area contributed by atoms with E-state index in [-0.39, 0.29) is 0 Å². The average molecular weight is 266 g/mol. The molecule has 0 radical (unpaired) electrons. The molecule has 18 heavy (non-hydrogen) atoms. The van der Waals surface area contributed by atoms with Gasteiger partial charge in [0, 0.05) is 17.5 Å². The van der Waals surface area contributed by atoms with Crippen molar-refractivity contribution in [1.82, 2.24) is 10.3 Å². The molecule has 0 saturated carbocycles. The van der Waals surface area contributed by atoms with Crippen LogP contribution in [-0.4, -0.2) is 23.3 Å². The molecule has 0 amide bonds. The number of aryl methyl sites for hydroxylation is 2. The van der Waals surface area contributed by atoms with Crippen LogP contribution >= 0.6 is 11.8 Å². The van der Waals surface area contributed by atoms with E-state index in [1.807, 2.05) is 11.8 Å². The van der Waals surface area contributed by atoms with Gasteiger partial charge >= 0.3 is 0 Å². The van der Waals surface area contributed by atoms with Crippen molar-refractivity contribution < 1.29 is 0 Å². The largest absolute Gasteiger partial charge is 0.313 e. The molecule has 2 nitrogen and oxygen atoms in total. The summed E-state index contributed by atoms with van der Waals surface area (Å²) >= 11 is 1.87. The standard InChI is InChI=1S/C15H26N2S/c1-6-12(4)14(16-7-2)10-18-15-9-11(3)8-13(5)17-15/h8-9,12,14,16H,6-7,10H2,1-5H3. The molecule has 0 aliphatic carbocycles. The van der Waals surface area contributed by atoms with Crippen LogP contribution in [0.25, 0.3) is 0 Å². The fraction of sp³-hybridized carbons (Fsp3) is 0.667. The van der Waals surface area contributed by atoms with Crippen molar-refractivity contribution in [3.63, 3.8) is 0 Å². The van der Waals surface area contributed by atoms with E-state index in [4.69, 9.17) is 0 Å². The topological polar surface area (TPSA) is 24.9 Å². The molecule has 1 N–H and O–H groups in total. The van der Waals surface area contributed by atoms with Gasteiger partial charge in [-0.1, -0.05) is 27.2 Å². The maximum atomic E-state index is 4.59. The lowest BCUT2D eigenvalue weighted by Gasteiger charge is -2.23. The van der Waals surface area contributed by atoms with Gasteiger partial charge in [-0.15, -0.1) is 11.8 Å². The summed E-state index contributed by atoms with van der Waals surface area (Å²) < 4.78 is 0. The van der Waals surface area contributed by atoms with Crippen LogP contribution in [0.15, 0.2) is 17.2 Å². The van der Waals surface area contributed by atoms with Crippen molar-refractivity contribution in [2.24, 2.45) is 5.92 Å². The van der Waals surface area contributed by atoms with Gasteiger partial charge in [0.2, 0.25) is 0 Å². The Kier molecular flexibility index (Phi) is 6.72. The van der Waals surface area contributed by atoms with Gasteiger partial charge < -0.3 is 5.32 Å². The number of rotatable bonds is 7. The van der Waals surface area contributed by atoms with Crippen LogP contribution in [0.5, 0.6) is 0 Å². The third kappa shape index (κ3) is 4.99. The molecule has 3 heteroatoms. The molecule has 0 bridgehead atoms. The molecular weight excluding hydrogens is 240 g/mol. The van der Waals surface area contributed by atoms with Gasteiger partial charge in [-0.05, 0) is 44.0 Å². The Hall–Kier alpha value is -0.540. The minimum Gasteiger partial charge on any atom is -0.313 e. The zero-order chi connectivity index (χ0) is 13.5. The summed E-state index contributed by atoms with van der Waals surface area (Å²) in [5, 5.41) is 4.74. The van der Waals surface area contributed by atoms with E-state index in [0.29, 0.717) is 12.0 Å². The normalized spacial score (nSPS) is 14.5. The van der Waals surface area contributed by atoms with Crippen molar-refractivity contribution in [3.8, 4) is 0 Å². The van der Waals surface area contributed by atoms with Crippen molar-refractivity contribution in [1.29, 1.82) is 0 Å². The minimum atomic E-state index is 0.576. The second-order valence-electron chi connectivity index (χ2n) is 4.98. The van der Waals surface area contributed by atoms with Crippen LogP contribution in [0.1, 0.15) is 38.4 Å². The van der Waals surface area contributed by atoms with Gasteiger partial charge in [0.1, 0.15) is 0 Å². The minimum absolute atomic E-state index is 0.576. The first-order chi connectivity index (χ1) is 8.56. The average Bonchev–Trinajstić information content (AvgIpc) is 2.32. The molecule has 0 aliphatic heterocycles. The third-order valence-corrected chi connectivity index (χ3v) is 4.31. The second kappa shape index (κ2) is 7.80. The lowest BCUT2D eigenvalue weighted by molar-refractivity contribution is 0.404. The number of pyridine rings is 1. The van der Waals surface area contributed by atoms with Crippen molar-refractivity contribution in [2.45, 2.75) is 52.1 Å². The first kappa shape index (κ1) is 15.5. The molecule has 1 aromatic rings. The molecule has 102 valence electrons. The molecular formula is C15H26N2S. The molecule has 1 rings (SSSR count). The highest BCUT2D eigenvalue weighted by Gasteiger charge is 2.15. The van der Waals surface area contributed by atoms with E-state index >= 15 is 0 Å². The lowest BCUT2D eigenvalue weighted by atomic mass is 10.0. The first-order valence-corrected chi connectivity index (χ1v) is 7.86. The molecule has 0 saturated heterocycles. The van der Waals surface area contributed by atoms with Gasteiger partial charge in [-0.2, -0.15) is 0 Å². The molecule has 0 aliphatic rings. The Balaban J connectivity index is 2.60. The van der Waals surface area contributed by atoms with Crippen LogP contribution in [-0.2, 0) is 0 Å². The summed E-state index contributed by atoms with van der Waals surface area (Å²) in [6.45, 7) is 12.0. The van der Waals surface area contributed by atoms with Gasteiger partial charge in [0.25, 0.3) is 0 Å². The summed E-state index contributed by atoms with van der Waals surface area (Å²) in [5.74, 6) is 1.81. The number of aromatic nitrogens is 1. The first-order valence-electron chi connectivity index (χ1n) is 6.88. The highest BCUT2D eigenvalue weighted by Crippen LogP contribution is 2.21. The van der Waals surface area contributed by atoms with Gasteiger partial charge in [0.05, 0.1) is 5.03 Å². The van der Waals surface area contributed by atoms with E-state index in [0.717, 1.165) is 23.0 Å². The Morgan fingerprint density at radius 3 is 2.56 bits per heavy atom. The van der Waals surface area contributed by atoms with E-state index in [9.17, 15) is 0 Å². The number of thioether (sulfide) groups is 1. The molecule has 0 aromatic carbocycles. The van der Waals surface area contributed by atoms with Crippen LogP contribution in [0, 0.1) is 19.8 Å². The fourth-order valence-electron chi connectivity index (χ4n) is 2.02. The summed E-state index contributed by atoms with van der Waals surface area (Å²) in [5.41, 5.74) is 2.41. The monoisotopic (exact) mass is 266 g/mol. The third-order valence-electron chi connectivity index (χ3n) is 3.28. The number of hydrogen-bond acceptors (Lipinski definition) is 3. The number of nitrogens with zero attached hydrogens (tertiary/aromatic N) is 1. The summed E-state index contributed by atoms with van der Waals surface area (Å²) in [6, 6.07) is 4.88. The van der Waals surface area contributed by atoms with Gasteiger partial charge in [-0.3, -0.25) is 0 Å². The van der Waals surface area contributed by atoms with E-state index in [2.05, 4.69) is 57.1 Å². The van der Waals surface area contributed by atoms with Crippen molar-refractivity contribution in [3.05, 3.63) is 23.4 Å². The lowest BCUT2D eigenvalue weighted by Crippen LogP contribution is -2.36. The van der Waals surface area contributed by atoms with Crippen molar-refractivity contribution >= 4 is 11.8 Å². The molecule has 0 fully saturated rings. The zero-order valence-corrected chi connectivity index (χ0v) is 13.1. The predicted octanol–water partition coefficient (Wildman–Crippen LogP) is 3.81. The Labute approximate surface area is 116 Å². The van der Waals surface area contributed by atoms with Crippen LogP contribution in [0.3, 0.4) is 0 Å². The van der Waals surface area contributed by atoms with E-state index in [1.165, 1.54) is 12.0 Å². The van der Waals surface area contributed by atoms with E-state index < -0.39 is 0 Å². The molecule has 1 aromatic heterocycles. The molecule has 1 heterocycles. The SMILES string of the molecule is CCNC(CSc1cc(C)cc(C)n1)C(C)CC. The van der Waals surface area contributed by atoms with Gasteiger partial charge in [-0.25, -0.2) is 4.98 Å². The van der Waals surface area contributed by atoms with Gasteiger partial charge in [0.15, 0.2) is 0 Å².